The fraction of sp³-hybridized carbons (Fsp3) is 0.190. The number of benzene rings is 2. The molecule has 0 saturated heterocycles. The Labute approximate surface area is 150 Å². The Balaban J connectivity index is 1.74. The molecule has 26 heavy (non-hydrogen) atoms. The van der Waals surface area contributed by atoms with Gasteiger partial charge in [-0.1, -0.05) is 24.3 Å². The standard InChI is InChI=1S/C21H19F2NO2/c1-26-18-4-2-3-15(11-18)5-6-16-8-10-21(25)24(13-16)14-17-7-9-19(22)20(23)12-17/h2-4,7-13H,5-6,14H2,1H3. The molecule has 0 saturated carbocycles. The number of methoxy groups -OCH3 is 1. The van der Waals surface area contributed by atoms with Gasteiger partial charge in [-0.2, -0.15) is 0 Å². The summed E-state index contributed by atoms with van der Waals surface area (Å²) in [5.74, 6) is -0.997. The molecule has 2 aromatic carbocycles. The maximum absolute atomic E-state index is 13.4. The van der Waals surface area contributed by atoms with Crippen molar-refractivity contribution >= 4 is 0 Å². The summed E-state index contributed by atoms with van der Waals surface area (Å²) in [6, 6.07) is 14.8. The lowest BCUT2D eigenvalue weighted by molar-refractivity contribution is 0.414. The Kier molecular flexibility index (Phi) is 5.46. The zero-order valence-corrected chi connectivity index (χ0v) is 14.4. The molecule has 0 fully saturated rings. The SMILES string of the molecule is COc1cccc(CCc2ccc(=O)n(Cc3ccc(F)c(F)c3)c2)c1. The Morgan fingerprint density at radius 1 is 0.885 bits per heavy atom. The molecule has 0 bridgehead atoms. The van der Waals surface area contributed by atoms with Crippen LogP contribution in [0.25, 0.3) is 0 Å². The predicted molar refractivity (Wildman–Crippen MR) is 96.6 cm³/mol. The number of rotatable bonds is 6. The highest BCUT2D eigenvalue weighted by Crippen LogP contribution is 2.15. The minimum atomic E-state index is -0.912. The summed E-state index contributed by atoms with van der Waals surface area (Å²) in [5, 5.41) is 0. The van der Waals surface area contributed by atoms with Gasteiger partial charge in [-0.15, -0.1) is 0 Å². The second kappa shape index (κ2) is 7.95. The van der Waals surface area contributed by atoms with Crippen molar-refractivity contribution in [1.82, 2.24) is 4.57 Å². The topological polar surface area (TPSA) is 31.2 Å². The highest BCUT2D eigenvalue weighted by Gasteiger charge is 2.06. The fourth-order valence-corrected chi connectivity index (χ4v) is 2.80. The number of aryl methyl sites for hydroxylation is 2. The first kappa shape index (κ1) is 17.9. The van der Waals surface area contributed by atoms with Crippen LogP contribution in [0.4, 0.5) is 8.78 Å². The van der Waals surface area contributed by atoms with Crippen LogP contribution >= 0.6 is 0 Å². The van der Waals surface area contributed by atoms with Gasteiger partial charge >= 0.3 is 0 Å². The van der Waals surface area contributed by atoms with Gasteiger partial charge in [-0.3, -0.25) is 4.79 Å². The zero-order valence-electron chi connectivity index (χ0n) is 14.4. The molecular formula is C21H19F2NO2. The predicted octanol–water partition coefficient (Wildman–Crippen LogP) is 3.97. The van der Waals surface area contributed by atoms with Gasteiger partial charge in [-0.25, -0.2) is 8.78 Å². The Morgan fingerprint density at radius 2 is 1.65 bits per heavy atom. The quantitative estimate of drug-likeness (QED) is 0.670. The summed E-state index contributed by atoms with van der Waals surface area (Å²) in [7, 11) is 1.63. The number of aromatic nitrogens is 1. The number of pyridine rings is 1. The Bertz CT molecular complexity index is 966. The van der Waals surface area contributed by atoms with Crippen molar-refractivity contribution in [1.29, 1.82) is 0 Å². The smallest absolute Gasteiger partial charge is 0.250 e. The molecule has 1 aromatic heterocycles. The van der Waals surface area contributed by atoms with Crippen molar-refractivity contribution in [3.8, 4) is 5.75 Å². The van der Waals surface area contributed by atoms with E-state index >= 15 is 0 Å². The van der Waals surface area contributed by atoms with E-state index in [0.717, 1.165) is 41.9 Å². The maximum atomic E-state index is 13.4. The van der Waals surface area contributed by atoms with Crippen LogP contribution in [0.2, 0.25) is 0 Å². The summed E-state index contributed by atoms with van der Waals surface area (Å²) in [6.45, 7) is 0.197. The summed E-state index contributed by atoms with van der Waals surface area (Å²) >= 11 is 0. The van der Waals surface area contributed by atoms with E-state index in [1.807, 2.05) is 24.3 Å². The van der Waals surface area contributed by atoms with Gasteiger partial charge in [0.1, 0.15) is 5.75 Å². The number of halogens is 2. The summed E-state index contributed by atoms with van der Waals surface area (Å²) in [4.78, 5) is 12.1. The minimum absolute atomic E-state index is 0.181. The van der Waals surface area contributed by atoms with Crippen molar-refractivity contribution in [2.45, 2.75) is 19.4 Å². The number of hydrogen-bond donors (Lipinski definition) is 0. The van der Waals surface area contributed by atoms with E-state index in [9.17, 15) is 13.6 Å². The van der Waals surface area contributed by atoms with Gasteiger partial charge < -0.3 is 9.30 Å². The number of ether oxygens (including phenoxy) is 1. The molecule has 0 aliphatic carbocycles. The van der Waals surface area contributed by atoms with Crippen LogP contribution in [0.5, 0.6) is 5.75 Å². The van der Waals surface area contributed by atoms with Gasteiger partial charge in [-0.05, 0) is 53.8 Å². The molecule has 1 heterocycles. The first-order valence-corrected chi connectivity index (χ1v) is 8.31. The van der Waals surface area contributed by atoms with Gasteiger partial charge in [0.2, 0.25) is 0 Å². The average molecular weight is 355 g/mol. The van der Waals surface area contributed by atoms with Gasteiger partial charge in [0.15, 0.2) is 11.6 Å². The third-order valence-corrected chi connectivity index (χ3v) is 4.22. The van der Waals surface area contributed by atoms with Crippen molar-refractivity contribution in [2.24, 2.45) is 0 Å². The summed E-state index contributed by atoms with van der Waals surface area (Å²) < 4.78 is 33.1. The third kappa shape index (κ3) is 4.36. The van der Waals surface area contributed by atoms with E-state index in [-0.39, 0.29) is 12.1 Å². The summed E-state index contributed by atoms with van der Waals surface area (Å²) in [6.07, 6.45) is 3.33. The van der Waals surface area contributed by atoms with E-state index in [1.165, 1.54) is 16.7 Å². The van der Waals surface area contributed by atoms with Crippen LogP contribution in [0, 0.1) is 11.6 Å². The summed E-state index contributed by atoms with van der Waals surface area (Å²) in [5.41, 5.74) is 2.49. The zero-order chi connectivity index (χ0) is 18.5. The molecule has 0 aliphatic heterocycles. The molecule has 0 aliphatic rings. The van der Waals surface area contributed by atoms with E-state index < -0.39 is 11.6 Å². The Hall–Kier alpha value is -2.95. The molecule has 3 nitrogen and oxygen atoms in total. The van der Waals surface area contributed by atoms with Crippen LogP contribution in [-0.2, 0) is 19.4 Å². The lowest BCUT2D eigenvalue weighted by atomic mass is 10.1. The van der Waals surface area contributed by atoms with Crippen LogP contribution in [0.15, 0.2) is 65.6 Å². The average Bonchev–Trinajstić information content (AvgIpc) is 2.65. The van der Waals surface area contributed by atoms with Crippen molar-refractivity contribution in [2.75, 3.05) is 7.11 Å². The van der Waals surface area contributed by atoms with Crippen LogP contribution in [0.1, 0.15) is 16.7 Å². The maximum Gasteiger partial charge on any atom is 0.250 e. The molecule has 0 radical (unpaired) electrons. The van der Waals surface area contributed by atoms with E-state index in [4.69, 9.17) is 4.74 Å². The van der Waals surface area contributed by atoms with Crippen LogP contribution in [0.3, 0.4) is 0 Å². The van der Waals surface area contributed by atoms with E-state index in [1.54, 1.807) is 19.4 Å². The lowest BCUT2D eigenvalue weighted by Gasteiger charge is -2.09. The second-order valence-corrected chi connectivity index (χ2v) is 6.10. The van der Waals surface area contributed by atoms with Crippen LogP contribution < -0.4 is 10.3 Å². The molecule has 5 heteroatoms. The lowest BCUT2D eigenvalue weighted by Crippen LogP contribution is -2.20. The van der Waals surface area contributed by atoms with Crippen molar-refractivity contribution in [3.63, 3.8) is 0 Å². The second-order valence-electron chi connectivity index (χ2n) is 6.10. The van der Waals surface area contributed by atoms with Gasteiger partial charge in [0, 0.05) is 12.3 Å². The normalized spacial score (nSPS) is 10.7. The molecule has 3 rings (SSSR count). The molecular weight excluding hydrogens is 336 g/mol. The van der Waals surface area contributed by atoms with Gasteiger partial charge in [0.25, 0.3) is 5.56 Å². The number of hydrogen-bond acceptors (Lipinski definition) is 2. The monoisotopic (exact) mass is 355 g/mol. The van der Waals surface area contributed by atoms with E-state index in [2.05, 4.69) is 0 Å². The largest absolute Gasteiger partial charge is 0.497 e. The first-order chi connectivity index (χ1) is 12.5. The molecule has 0 unspecified atom stereocenters. The molecule has 0 amide bonds. The molecule has 0 N–H and O–H groups in total. The molecule has 3 aromatic rings. The third-order valence-electron chi connectivity index (χ3n) is 4.22. The minimum Gasteiger partial charge on any atom is -0.497 e. The first-order valence-electron chi connectivity index (χ1n) is 8.31. The van der Waals surface area contributed by atoms with Gasteiger partial charge in [0.05, 0.1) is 13.7 Å². The van der Waals surface area contributed by atoms with Crippen LogP contribution in [-0.4, -0.2) is 11.7 Å². The van der Waals surface area contributed by atoms with Crippen molar-refractivity contribution in [3.05, 3.63) is 99.5 Å². The number of nitrogens with zero attached hydrogens (tertiary/aromatic N) is 1. The highest BCUT2D eigenvalue weighted by molar-refractivity contribution is 5.29. The molecule has 134 valence electrons. The van der Waals surface area contributed by atoms with Crippen molar-refractivity contribution < 1.29 is 13.5 Å². The Morgan fingerprint density at radius 3 is 2.42 bits per heavy atom. The highest BCUT2D eigenvalue weighted by atomic mass is 19.2. The van der Waals surface area contributed by atoms with E-state index in [0.29, 0.717) is 5.56 Å². The molecule has 0 atom stereocenters. The molecule has 0 spiro atoms. The fourth-order valence-electron chi connectivity index (χ4n) is 2.80.